The Kier molecular flexibility index (Phi) is 5.42. The van der Waals surface area contributed by atoms with Crippen LogP contribution in [0.3, 0.4) is 0 Å². The number of rotatable bonds is 6. The van der Waals surface area contributed by atoms with Gasteiger partial charge < -0.3 is 5.32 Å². The zero-order valence-electron chi connectivity index (χ0n) is 11.9. The average Bonchev–Trinajstić information content (AvgIpc) is 3.24. The van der Waals surface area contributed by atoms with Gasteiger partial charge in [-0.3, -0.25) is 14.5 Å². The summed E-state index contributed by atoms with van der Waals surface area (Å²) in [5.41, 5.74) is 0. The molecule has 0 fully saturated rings. The number of halogens is 1. The van der Waals surface area contributed by atoms with Gasteiger partial charge in [-0.2, -0.15) is 5.10 Å². The van der Waals surface area contributed by atoms with Crippen LogP contribution in [0.2, 0.25) is 0 Å². The Morgan fingerprint density at radius 2 is 2.35 bits per heavy atom. The summed E-state index contributed by atoms with van der Waals surface area (Å²) in [6.45, 7) is 1.05. The molecule has 3 heterocycles. The van der Waals surface area contributed by atoms with Crippen LogP contribution in [-0.4, -0.2) is 20.7 Å². The molecule has 0 radical (unpaired) electrons. The van der Waals surface area contributed by atoms with Crippen molar-refractivity contribution in [3.63, 3.8) is 0 Å². The van der Waals surface area contributed by atoms with Crippen LogP contribution in [-0.2, 0) is 17.9 Å². The molecule has 9 heteroatoms. The number of thiophene rings is 2. The lowest BCUT2D eigenvalue weighted by Gasteiger charge is -2.06. The van der Waals surface area contributed by atoms with E-state index in [9.17, 15) is 4.79 Å². The molecule has 0 unspecified atom stereocenters. The van der Waals surface area contributed by atoms with Crippen LogP contribution in [0.5, 0.6) is 0 Å². The summed E-state index contributed by atoms with van der Waals surface area (Å²) in [7, 11) is 0. The topological polar surface area (TPSA) is 62.7 Å². The Morgan fingerprint density at radius 3 is 3.04 bits per heavy atom. The fourth-order valence-electron chi connectivity index (χ4n) is 2.05. The minimum atomic E-state index is -0.00486. The van der Waals surface area contributed by atoms with Crippen molar-refractivity contribution in [3.8, 4) is 10.7 Å². The summed E-state index contributed by atoms with van der Waals surface area (Å²) >= 11 is 11.9. The lowest BCUT2D eigenvalue weighted by atomic mass is 10.3. The van der Waals surface area contributed by atoms with Gasteiger partial charge in [0, 0.05) is 27.7 Å². The van der Waals surface area contributed by atoms with Crippen LogP contribution >= 0.6 is 50.8 Å². The molecule has 0 aliphatic heterocycles. The Hall–Kier alpha value is -1.29. The SMILES string of the molecule is O=C(CCn1c(-c2cccs2)n[nH]c1=S)NCc1cc(Br)cs1. The highest BCUT2D eigenvalue weighted by atomic mass is 79.9. The first-order valence-electron chi connectivity index (χ1n) is 6.82. The first-order valence-corrected chi connectivity index (χ1v) is 9.78. The minimum absolute atomic E-state index is 0.00486. The maximum atomic E-state index is 12.0. The van der Waals surface area contributed by atoms with E-state index in [1.54, 1.807) is 22.7 Å². The Morgan fingerprint density at radius 1 is 1.48 bits per heavy atom. The summed E-state index contributed by atoms with van der Waals surface area (Å²) in [6, 6.07) is 5.96. The van der Waals surface area contributed by atoms with Crippen molar-refractivity contribution in [1.29, 1.82) is 0 Å². The Balaban J connectivity index is 1.59. The second-order valence-electron chi connectivity index (χ2n) is 4.74. The zero-order valence-corrected chi connectivity index (χ0v) is 15.9. The second-order valence-corrected chi connectivity index (χ2v) is 7.99. The van der Waals surface area contributed by atoms with Gasteiger partial charge in [-0.25, -0.2) is 0 Å². The van der Waals surface area contributed by atoms with Crippen molar-refractivity contribution in [1.82, 2.24) is 20.1 Å². The van der Waals surface area contributed by atoms with Crippen molar-refractivity contribution in [2.75, 3.05) is 0 Å². The molecule has 0 bridgehead atoms. The molecule has 0 atom stereocenters. The molecule has 3 aromatic rings. The van der Waals surface area contributed by atoms with E-state index in [1.807, 2.05) is 33.5 Å². The number of nitrogens with one attached hydrogen (secondary N) is 2. The molecule has 1 amide bonds. The van der Waals surface area contributed by atoms with Crippen molar-refractivity contribution >= 4 is 56.7 Å². The zero-order chi connectivity index (χ0) is 16.2. The molecule has 3 rings (SSSR count). The largest absolute Gasteiger partial charge is 0.351 e. The van der Waals surface area contributed by atoms with Gasteiger partial charge >= 0.3 is 0 Å². The molecule has 0 saturated heterocycles. The molecular formula is C14H13BrN4OS3. The summed E-state index contributed by atoms with van der Waals surface area (Å²) < 4.78 is 3.43. The lowest BCUT2D eigenvalue weighted by molar-refractivity contribution is -0.121. The molecule has 0 aliphatic carbocycles. The molecular weight excluding hydrogens is 416 g/mol. The molecule has 0 spiro atoms. The molecule has 0 saturated carbocycles. The van der Waals surface area contributed by atoms with Crippen molar-refractivity contribution in [2.24, 2.45) is 0 Å². The van der Waals surface area contributed by atoms with Crippen LogP contribution in [0, 0.1) is 4.77 Å². The molecule has 0 aromatic carbocycles. The van der Waals surface area contributed by atoms with Crippen LogP contribution in [0.15, 0.2) is 33.4 Å². The Bertz CT molecular complexity index is 850. The average molecular weight is 429 g/mol. The third-order valence-corrected chi connectivity index (χ3v) is 6.02. The number of aromatic nitrogens is 3. The second kappa shape index (κ2) is 7.52. The summed E-state index contributed by atoms with van der Waals surface area (Å²) in [5, 5.41) is 14.0. The summed E-state index contributed by atoms with van der Waals surface area (Å²) in [6.07, 6.45) is 0.360. The highest BCUT2D eigenvalue weighted by molar-refractivity contribution is 9.10. The summed E-state index contributed by atoms with van der Waals surface area (Å²) in [5.74, 6) is 0.773. The van der Waals surface area contributed by atoms with Gasteiger partial charge in [0.05, 0.1) is 11.4 Å². The van der Waals surface area contributed by atoms with E-state index < -0.39 is 0 Å². The predicted molar refractivity (Wildman–Crippen MR) is 99.2 cm³/mol. The van der Waals surface area contributed by atoms with Gasteiger partial charge in [0.15, 0.2) is 10.6 Å². The van der Waals surface area contributed by atoms with Crippen molar-refractivity contribution in [3.05, 3.63) is 43.1 Å². The van der Waals surface area contributed by atoms with E-state index in [0.29, 0.717) is 24.3 Å². The molecule has 120 valence electrons. The lowest BCUT2D eigenvalue weighted by Crippen LogP contribution is -2.23. The molecule has 0 aliphatic rings. The number of carbonyl (C=O) groups excluding carboxylic acids is 1. The van der Waals surface area contributed by atoms with Gasteiger partial charge in [-0.15, -0.1) is 22.7 Å². The van der Waals surface area contributed by atoms with Crippen molar-refractivity contribution < 1.29 is 4.79 Å². The minimum Gasteiger partial charge on any atom is -0.351 e. The van der Waals surface area contributed by atoms with E-state index in [-0.39, 0.29) is 5.91 Å². The van der Waals surface area contributed by atoms with Gasteiger partial charge in [-0.05, 0) is 45.7 Å². The van der Waals surface area contributed by atoms with E-state index in [2.05, 4.69) is 31.4 Å². The first-order chi connectivity index (χ1) is 11.1. The van der Waals surface area contributed by atoms with Crippen LogP contribution < -0.4 is 5.32 Å². The predicted octanol–water partition coefficient (Wildman–Crippen LogP) is 4.20. The maximum Gasteiger partial charge on any atom is 0.222 e. The Labute approximate surface area is 154 Å². The smallest absolute Gasteiger partial charge is 0.222 e. The van der Waals surface area contributed by atoms with E-state index in [4.69, 9.17) is 12.2 Å². The number of hydrogen-bond donors (Lipinski definition) is 2. The number of carbonyl (C=O) groups is 1. The fourth-order valence-corrected chi connectivity index (χ4v) is 4.39. The van der Waals surface area contributed by atoms with E-state index in [1.165, 1.54) is 0 Å². The van der Waals surface area contributed by atoms with Gasteiger partial charge in [-0.1, -0.05) is 6.07 Å². The number of aromatic amines is 1. The first kappa shape index (κ1) is 16.6. The maximum absolute atomic E-state index is 12.0. The van der Waals surface area contributed by atoms with Gasteiger partial charge in [0.25, 0.3) is 0 Å². The third-order valence-electron chi connectivity index (χ3n) is 3.14. The molecule has 2 N–H and O–H groups in total. The normalized spacial score (nSPS) is 10.8. The molecule has 5 nitrogen and oxygen atoms in total. The van der Waals surface area contributed by atoms with Crippen molar-refractivity contribution in [2.45, 2.75) is 19.5 Å². The van der Waals surface area contributed by atoms with Crippen LogP contribution in [0.4, 0.5) is 0 Å². The molecule has 23 heavy (non-hydrogen) atoms. The van der Waals surface area contributed by atoms with Crippen LogP contribution in [0.1, 0.15) is 11.3 Å². The fraction of sp³-hybridized carbons (Fsp3) is 0.214. The third kappa shape index (κ3) is 4.17. The van der Waals surface area contributed by atoms with Gasteiger partial charge in [0.2, 0.25) is 5.91 Å². The standard InChI is InChI=1S/C14H13BrN4OS3/c15-9-6-10(23-8-9)7-16-12(20)3-4-19-13(17-18-14(19)21)11-2-1-5-22-11/h1-2,5-6,8H,3-4,7H2,(H,16,20)(H,18,21). The van der Waals surface area contributed by atoms with Crippen LogP contribution in [0.25, 0.3) is 10.7 Å². The van der Waals surface area contributed by atoms with E-state index in [0.717, 1.165) is 20.1 Å². The number of amides is 1. The number of hydrogen-bond acceptors (Lipinski definition) is 5. The quantitative estimate of drug-likeness (QED) is 0.578. The summed E-state index contributed by atoms with van der Waals surface area (Å²) in [4.78, 5) is 14.2. The highest BCUT2D eigenvalue weighted by Gasteiger charge is 2.11. The van der Waals surface area contributed by atoms with E-state index >= 15 is 0 Å². The number of H-pyrrole nitrogens is 1. The molecule has 3 aromatic heterocycles. The van der Waals surface area contributed by atoms with Gasteiger partial charge in [0.1, 0.15) is 0 Å². The number of nitrogens with zero attached hydrogens (tertiary/aromatic N) is 2. The highest BCUT2D eigenvalue weighted by Crippen LogP contribution is 2.23. The monoisotopic (exact) mass is 428 g/mol.